The van der Waals surface area contributed by atoms with Gasteiger partial charge in [-0.05, 0) is 13.3 Å². The Morgan fingerprint density at radius 3 is 2.06 bits per heavy atom. The monoisotopic (exact) mass is 234 g/mol. The summed E-state index contributed by atoms with van der Waals surface area (Å²) in [5.74, 6) is -2.06. The SMILES string of the molecule is CC(=O)O.CCNC(=O)CC[C@H](N)C(=O)O. The Morgan fingerprint density at radius 2 is 1.75 bits per heavy atom. The lowest BCUT2D eigenvalue weighted by atomic mass is 10.1. The van der Waals surface area contributed by atoms with E-state index in [1.165, 1.54) is 0 Å². The first kappa shape index (κ1) is 16.8. The number of hydrogen-bond donors (Lipinski definition) is 4. The van der Waals surface area contributed by atoms with Crippen LogP contribution in [0.3, 0.4) is 0 Å². The van der Waals surface area contributed by atoms with Gasteiger partial charge in [0.1, 0.15) is 6.04 Å². The lowest BCUT2D eigenvalue weighted by Crippen LogP contribution is -2.32. The highest BCUT2D eigenvalue weighted by atomic mass is 16.4. The molecular weight excluding hydrogens is 216 g/mol. The van der Waals surface area contributed by atoms with E-state index in [-0.39, 0.29) is 18.7 Å². The molecule has 0 unspecified atom stereocenters. The molecule has 7 nitrogen and oxygen atoms in total. The lowest BCUT2D eigenvalue weighted by Gasteiger charge is -2.05. The zero-order valence-corrected chi connectivity index (χ0v) is 9.40. The zero-order chi connectivity index (χ0) is 13.1. The summed E-state index contributed by atoms with van der Waals surface area (Å²) in [5.41, 5.74) is 5.18. The van der Waals surface area contributed by atoms with Crippen LogP contribution in [0.2, 0.25) is 0 Å². The summed E-state index contributed by atoms with van der Waals surface area (Å²) in [5, 5.41) is 18.3. The van der Waals surface area contributed by atoms with E-state index in [0.29, 0.717) is 6.54 Å². The van der Waals surface area contributed by atoms with Crippen molar-refractivity contribution in [2.45, 2.75) is 32.7 Å². The van der Waals surface area contributed by atoms with Crippen LogP contribution in [0, 0.1) is 0 Å². The first-order chi connectivity index (χ1) is 7.31. The van der Waals surface area contributed by atoms with Crippen molar-refractivity contribution in [3.8, 4) is 0 Å². The summed E-state index contributed by atoms with van der Waals surface area (Å²) in [6.07, 6.45) is 0.350. The first-order valence-electron chi connectivity index (χ1n) is 4.75. The predicted octanol–water partition coefficient (Wildman–Crippen LogP) is -0.594. The second-order valence-corrected chi connectivity index (χ2v) is 2.96. The van der Waals surface area contributed by atoms with E-state index >= 15 is 0 Å². The van der Waals surface area contributed by atoms with Crippen molar-refractivity contribution in [1.82, 2.24) is 5.32 Å². The summed E-state index contributed by atoms with van der Waals surface area (Å²) in [6.45, 7) is 3.44. The van der Waals surface area contributed by atoms with Crippen molar-refractivity contribution in [3.63, 3.8) is 0 Å². The number of nitrogens with one attached hydrogen (secondary N) is 1. The summed E-state index contributed by atoms with van der Waals surface area (Å²) in [7, 11) is 0. The third-order valence-corrected chi connectivity index (χ3v) is 1.37. The number of carbonyl (C=O) groups is 3. The van der Waals surface area contributed by atoms with E-state index in [9.17, 15) is 9.59 Å². The van der Waals surface area contributed by atoms with Crippen molar-refractivity contribution in [3.05, 3.63) is 0 Å². The van der Waals surface area contributed by atoms with Crippen LogP contribution in [-0.4, -0.2) is 40.6 Å². The van der Waals surface area contributed by atoms with Gasteiger partial charge in [-0.25, -0.2) is 0 Å². The van der Waals surface area contributed by atoms with Crippen LogP contribution in [0.25, 0.3) is 0 Å². The van der Waals surface area contributed by atoms with Crippen LogP contribution in [0.15, 0.2) is 0 Å². The Bertz CT molecular complexity index is 238. The molecule has 7 heteroatoms. The highest BCUT2D eigenvalue weighted by Gasteiger charge is 2.12. The molecule has 0 spiro atoms. The van der Waals surface area contributed by atoms with Gasteiger partial charge in [-0.15, -0.1) is 0 Å². The Labute approximate surface area is 93.6 Å². The molecule has 0 heterocycles. The standard InChI is InChI=1S/C7H14N2O3.C2H4O2/c1-2-9-6(10)4-3-5(8)7(11)12;1-2(3)4/h5H,2-4,8H2,1H3,(H,9,10)(H,11,12);1H3,(H,3,4)/t5-;/m0./s1. The van der Waals surface area contributed by atoms with E-state index in [4.69, 9.17) is 20.7 Å². The van der Waals surface area contributed by atoms with Crippen molar-refractivity contribution < 1.29 is 24.6 Å². The molecule has 94 valence electrons. The zero-order valence-electron chi connectivity index (χ0n) is 9.40. The molecule has 0 saturated heterocycles. The van der Waals surface area contributed by atoms with Crippen molar-refractivity contribution in [2.24, 2.45) is 5.73 Å². The summed E-state index contributed by atoms with van der Waals surface area (Å²) >= 11 is 0. The van der Waals surface area contributed by atoms with E-state index < -0.39 is 18.0 Å². The van der Waals surface area contributed by atoms with Gasteiger partial charge in [-0.1, -0.05) is 0 Å². The Hall–Kier alpha value is -1.63. The van der Waals surface area contributed by atoms with E-state index in [1.807, 2.05) is 0 Å². The van der Waals surface area contributed by atoms with Crippen molar-refractivity contribution in [2.75, 3.05) is 6.54 Å². The van der Waals surface area contributed by atoms with Gasteiger partial charge in [0.2, 0.25) is 5.91 Å². The molecule has 0 radical (unpaired) electrons. The van der Waals surface area contributed by atoms with Crippen LogP contribution in [0.4, 0.5) is 0 Å². The van der Waals surface area contributed by atoms with Gasteiger partial charge in [0, 0.05) is 19.9 Å². The Kier molecular flexibility index (Phi) is 10.4. The number of carbonyl (C=O) groups excluding carboxylic acids is 1. The van der Waals surface area contributed by atoms with Crippen molar-refractivity contribution in [1.29, 1.82) is 0 Å². The maximum Gasteiger partial charge on any atom is 0.320 e. The van der Waals surface area contributed by atoms with E-state index in [1.54, 1.807) is 6.92 Å². The third-order valence-electron chi connectivity index (χ3n) is 1.37. The molecule has 1 amide bonds. The highest BCUT2D eigenvalue weighted by Crippen LogP contribution is 1.93. The van der Waals surface area contributed by atoms with E-state index in [0.717, 1.165) is 6.92 Å². The molecule has 0 aromatic heterocycles. The Balaban J connectivity index is 0. The molecular formula is C9H18N2O5. The minimum atomic E-state index is -1.07. The molecule has 0 aromatic rings. The van der Waals surface area contributed by atoms with Gasteiger partial charge in [-0.2, -0.15) is 0 Å². The van der Waals surface area contributed by atoms with Gasteiger partial charge in [0.15, 0.2) is 0 Å². The van der Waals surface area contributed by atoms with Gasteiger partial charge in [0.05, 0.1) is 0 Å². The second kappa shape index (κ2) is 9.91. The van der Waals surface area contributed by atoms with Gasteiger partial charge in [-0.3, -0.25) is 14.4 Å². The molecule has 16 heavy (non-hydrogen) atoms. The minimum Gasteiger partial charge on any atom is -0.481 e. The number of rotatable bonds is 5. The van der Waals surface area contributed by atoms with Crippen LogP contribution in [0.1, 0.15) is 26.7 Å². The minimum absolute atomic E-state index is 0.158. The van der Waals surface area contributed by atoms with E-state index in [2.05, 4.69) is 5.32 Å². The molecule has 1 atom stereocenters. The molecule has 0 saturated carbocycles. The molecule has 0 fully saturated rings. The molecule has 0 aliphatic heterocycles. The Morgan fingerprint density at radius 1 is 1.31 bits per heavy atom. The van der Waals surface area contributed by atoms with Crippen LogP contribution < -0.4 is 11.1 Å². The fourth-order valence-electron chi connectivity index (χ4n) is 0.696. The number of nitrogens with two attached hydrogens (primary N) is 1. The normalized spacial score (nSPS) is 10.7. The number of amides is 1. The smallest absolute Gasteiger partial charge is 0.320 e. The molecule has 0 aromatic carbocycles. The first-order valence-corrected chi connectivity index (χ1v) is 4.75. The maximum absolute atomic E-state index is 10.8. The average Bonchev–Trinajstić information content (AvgIpc) is 2.13. The van der Waals surface area contributed by atoms with Gasteiger partial charge in [0.25, 0.3) is 5.97 Å². The highest BCUT2D eigenvalue weighted by molar-refractivity contribution is 5.78. The lowest BCUT2D eigenvalue weighted by molar-refractivity contribution is -0.139. The number of aliphatic carboxylic acids is 2. The topological polar surface area (TPSA) is 130 Å². The second-order valence-electron chi connectivity index (χ2n) is 2.96. The maximum atomic E-state index is 10.8. The summed E-state index contributed by atoms with van der Waals surface area (Å²) in [4.78, 5) is 30.0. The summed E-state index contributed by atoms with van der Waals surface area (Å²) in [6, 6.07) is -0.937. The van der Waals surface area contributed by atoms with Crippen molar-refractivity contribution >= 4 is 17.8 Å². The molecule has 0 rings (SSSR count). The molecule has 0 bridgehead atoms. The van der Waals surface area contributed by atoms with Gasteiger partial charge >= 0.3 is 5.97 Å². The fraction of sp³-hybridized carbons (Fsp3) is 0.667. The summed E-state index contributed by atoms with van der Waals surface area (Å²) < 4.78 is 0. The third kappa shape index (κ3) is 14.9. The largest absolute Gasteiger partial charge is 0.481 e. The molecule has 0 aliphatic rings. The van der Waals surface area contributed by atoms with Gasteiger partial charge < -0.3 is 21.3 Å². The number of carboxylic acids is 2. The number of hydrogen-bond acceptors (Lipinski definition) is 4. The number of carboxylic acid groups (broad SMARTS) is 2. The van der Waals surface area contributed by atoms with Crippen LogP contribution >= 0.6 is 0 Å². The quantitative estimate of drug-likeness (QED) is 0.503. The van der Waals surface area contributed by atoms with Crippen LogP contribution in [0.5, 0.6) is 0 Å². The fourth-order valence-corrected chi connectivity index (χ4v) is 0.696. The average molecular weight is 234 g/mol. The predicted molar refractivity (Wildman–Crippen MR) is 56.8 cm³/mol. The molecule has 5 N–H and O–H groups in total. The molecule has 0 aliphatic carbocycles. The van der Waals surface area contributed by atoms with Crippen LogP contribution in [-0.2, 0) is 14.4 Å².